The van der Waals surface area contributed by atoms with Crippen LogP contribution >= 0.6 is 0 Å². The largest absolute Gasteiger partial charge is 0.337 e. The summed E-state index contributed by atoms with van der Waals surface area (Å²) in [7, 11) is 0. The Hall–Kier alpha value is -2.34. The fraction of sp³-hybridized carbons (Fsp3) is 0.286. The van der Waals surface area contributed by atoms with E-state index in [1.54, 1.807) is 6.20 Å². The molecule has 2 aromatic rings. The summed E-state index contributed by atoms with van der Waals surface area (Å²) < 4.78 is 2.06. The Morgan fingerprint density at radius 3 is 2.80 bits per heavy atom. The van der Waals surface area contributed by atoms with Crippen molar-refractivity contribution in [1.29, 1.82) is 0 Å². The summed E-state index contributed by atoms with van der Waals surface area (Å²) in [5, 5.41) is 3.13. The van der Waals surface area contributed by atoms with E-state index in [0.29, 0.717) is 5.96 Å². The minimum Gasteiger partial charge on any atom is -0.337 e. The Labute approximate surface area is 118 Å². The zero-order valence-electron chi connectivity index (χ0n) is 11.4. The average molecular weight is 272 g/mol. The summed E-state index contributed by atoms with van der Waals surface area (Å²) in [5.41, 5.74) is 3.54. The van der Waals surface area contributed by atoms with Crippen molar-refractivity contribution in [3.63, 3.8) is 0 Å². The topological polar surface area (TPSA) is 80.3 Å². The molecule has 0 aliphatic carbocycles. The van der Waals surface area contributed by atoms with E-state index >= 15 is 0 Å². The predicted octanol–water partition coefficient (Wildman–Crippen LogP) is 1.59. The van der Waals surface area contributed by atoms with Gasteiger partial charge in [-0.2, -0.15) is 0 Å². The molecule has 1 aromatic carbocycles. The zero-order valence-corrected chi connectivity index (χ0v) is 11.4. The number of guanidine groups is 1. The molecule has 0 saturated carbocycles. The van der Waals surface area contributed by atoms with Gasteiger partial charge in [0.05, 0.1) is 6.33 Å². The number of aliphatic imine (C=N–C) groups is 1. The van der Waals surface area contributed by atoms with E-state index < -0.39 is 0 Å². The van der Waals surface area contributed by atoms with Crippen LogP contribution < -0.4 is 16.6 Å². The number of nitrogens with two attached hydrogens (primary N) is 1. The van der Waals surface area contributed by atoms with Crippen LogP contribution in [-0.2, 0) is 6.54 Å². The third kappa shape index (κ3) is 4.74. The van der Waals surface area contributed by atoms with E-state index in [-0.39, 0.29) is 0 Å². The maximum atomic E-state index is 5.46. The summed E-state index contributed by atoms with van der Waals surface area (Å²) >= 11 is 0. The van der Waals surface area contributed by atoms with E-state index in [1.165, 1.54) is 0 Å². The smallest absolute Gasteiger partial charge is 0.210 e. The minimum atomic E-state index is 0.582. The Balaban J connectivity index is 1.71. The number of aromatic nitrogens is 2. The lowest BCUT2D eigenvalue weighted by Crippen LogP contribution is -2.36. The highest BCUT2D eigenvalue weighted by molar-refractivity contribution is 5.93. The van der Waals surface area contributed by atoms with Gasteiger partial charge in [0.15, 0.2) is 0 Å². The first kappa shape index (κ1) is 14.1. The Bertz CT molecular complexity index is 506. The maximum Gasteiger partial charge on any atom is 0.210 e. The molecule has 0 radical (unpaired) electrons. The summed E-state index contributed by atoms with van der Waals surface area (Å²) in [5.74, 6) is 6.04. The van der Waals surface area contributed by atoms with E-state index in [0.717, 1.165) is 31.6 Å². The Morgan fingerprint density at radius 1 is 1.25 bits per heavy atom. The molecule has 0 bridgehead atoms. The fourth-order valence-electron chi connectivity index (χ4n) is 1.80. The Morgan fingerprint density at radius 2 is 2.10 bits per heavy atom. The minimum absolute atomic E-state index is 0.582. The number of aryl methyl sites for hydroxylation is 1. The first-order chi connectivity index (χ1) is 9.88. The molecular formula is C14H20N6. The van der Waals surface area contributed by atoms with Gasteiger partial charge in [-0.15, -0.1) is 0 Å². The monoisotopic (exact) mass is 272 g/mol. The molecule has 4 N–H and O–H groups in total. The molecule has 6 heteroatoms. The van der Waals surface area contributed by atoms with Gasteiger partial charge in [-0.1, -0.05) is 18.2 Å². The van der Waals surface area contributed by atoms with Gasteiger partial charge in [-0.25, -0.2) is 10.8 Å². The first-order valence-corrected chi connectivity index (χ1v) is 6.67. The van der Waals surface area contributed by atoms with Crippen molar-refractivity contribution in [3.8, 4) is 0 Å². The fourth-order valence-corrected chi connectivity index (χ4v) is 1.80. The Kier molecular flexibility index (Phi) is 5.60. The second kappa shape index (κ2) is 7.96. The number of imidazole rings is 1. The number of anilines is 1. The van der Waals surface area contributed by atoms with Crippen molar-refractivity contribution in [1.82, 2.24) is 15.0 Å². The van der Waals surface area contributed by atoms with Crippen LogP contribution in [-0.4, -0.2) is 22.1 Å². The second-order valence-corrected chi connectivity index (χ2v) is 4.37. The molecular weight excluding hydrogens is 252 g/mol. The number of hydrogen-bond donors (Lipinski definition) is 3. The third-order valence-electron chi connectivity index (χ3n) is 2.83. The molecule has 0 spiro atoms. The molecule has 2 rings (SSSR count). The molecule has 0 saturated heterocycles. The van der Waals surface area contributed by atoms with Gasteiger partial charge in [-0.3, -0.25) is 10.4 Å². The zero-order chi connectivity index (χ0) is 14.0. The molecule has 0 fully saturated rings. The molecule has 0 aliphatic rings. The van der Waals surface area contributed by atoms with Crippen LogP contribution in [0.25, 0.3) is 0 Å². The lowest BCUT2D eigenvalue weighted by molar-refractivity contribution is 0.614. The van der Waals surface area contributed by atoms with Crippen molar-refractivity contribution in [2.45, 2.75) is 19.4 Å². The second-order valence-electron chi connectivity index (χ2n) is 4.37. The van der Waals surface area contributed by atoms with Crippen molar-refractivity contribution in [3.05, 3.63) is 49.1 Å². The number of hydrogen-bond acceptors (Lipinski definition) is 3. The number of para-hydroxylation sites is 1. The number of nitrogens with one attached hydrogen (secondary N) is 2. The van der Waals surface area contributed by atoms with Crippen LogP contribution in [0.2, 0.25) is 0 Å². The van der Waals surface area contributed by atoms with Crippen LogP contribution in [0.3, 0.4) is 0 Å². The predicted molar refractivity (Wildman–Crippen MR) is 81.2 cm³/mol. The van der Waals surface area contributed by atoms with Crippen molar-refractivity contribution >= 4 is 11.6 Å². The number of hydrazine groups is 1. The van der Waals surface area contributed by atoms with Gasteiger partial charge in [0.1, 0.15) is 0 Å². The summed E-state index contributed by atoms with van der Waals surface area (Å²) in [6, 6.07) is 9.81. The van der Waals surface area contributed by atoms with Gasteiger partial charge in [0.25, 0.3) is 0 Å². The molecule has 6 nitrogen and oxygen atoms in total. The lowest BCUT2D eigenvalue weighted by atomic mass is 10.3. The number of benzene rings is 1. The van der Waals surface area contributed by atoms with E-state index in [2.05, 4.69) is 25.3 Å². The number of nitrogens with zero attached hydrogens (tertiary/aromatic N) is 3. The normalized spacial score (nSPS) is 11.3. The molecule has 0 atom stereocenters. The lowest BCUT2D eigenvalue weighted by Gasteiger charge is -2.08. The van der Waals surface area contributed by atoms with E-state index in [9.17, 15) is 0 Å². The van der Waals surface area contributed by atoms with Gasteiger partial charge < -0.3 is 9.88 Å². The SMILES string of the molecule is NNC(=NCCCCn1ccnc1)Nc1ccccc1. The molecule has 0 unspecified atom stereocenters. The number of rotatable bonds is 6. The molecule has 106 valence electrons. The van der Waals surface area contributed by atoms with Gasteiger partial charge in [0.2, 0.25) is 5.96 Å². The quantitative estimate of drug-likeness (QED) is 0.245. The molecule has 0 aliphatic heterocycles. The highest BCUT2D eigenvalue weighted by Gasteiger charge is 1.97. The van der Waals surface area contributed by atoms with Crippen molar-refractivity contribution in [2.24, 2.45) is 10.8 Å². The van der Waals surface area contributed by atoms with E-state index in [1.807, 2.05) is 42.9 Å². The standard InChI is InChI=1S/C14H20N6/c15-19-14(18-13-6-2-1-3-7-13)17-8-4-5-10-20-11-9-16-12-20/h1-3,6-7,9,11-12H,4-5,8,10,15H2,(H2,17,18,19). The average Bonchev–Trinajstić information content (AvgIpc) is 3.00. The van der Waals surface area contributed by atoms with Crippen molar-refractivity contribution in [2.75, 3.05) is 11.9 Å². The van der Waals surface area contributed by atoms with Gasteiger partial charge in [-0.05, 0) is 25.0 Å². The van der Waals surface area contributed by atoms with Crippen LogP contribution in [0.4, 0.5) is 5.69 Å². The van der Waals surface area contributed by atoms with Crippen molar-refractivity contribution < 1.29 is 0 Å². The maximum absolute atomic E-state index is 5.46. The molecule has 1 aromatic heterocycles. The molecule has 20 heavy (non-hydrogen) atoms. The third-order valence-corrected chi connectivity index (χ3v) is 2.83. The van der Waals surface area contributed by atoms with Crippen LogP contribution in [0.1, 0.15) is 12.8 Å². The van der Waals surface area contributed by atoms with E-state index in [4.69, 9.17) is 5.84 Å². The van der Waals surface area contributed by atoms with Gasteiger partial charge >= 0.3 is 0 Å². The van der Waals surface area contributed by atoms with Gasteiger partial charge in [0, 0.05) is 31.2 Å². The molecule has 0 amide bonds. The molecule has 1 heterocycles. The summed E-state index contributed by atoms with van der Waals surface area (Å²) in [4.78, 5) is 8.41. The van der Waals surface area contributed by atoms with Crippen LogP contribution in [0.15, 0.2) is 54.0 Å². The van der Waals surface area contributed by atoms with Crippen LogP contribution in [0.5, 0.6) is 0 Å². The highest BCUT2D eigenvalue weighted by Crippen LogP contribution is 2.04. The number of unbranched alkanes of at least 4 members (excludes halogenated alkanes) is 1. The first-order valence-electron chi connectivity index (χ1n) is 6.67. The van der Waals surface area contributed by atoms with Crippen LogP contribution in [0, 0.1) is 0 Å². The summed E-state index contributed by atoms with van der Waals surface area (Å²) in [6.07, 6.45) is 7.64. The summed E-state index contributed by atoms with van der Waals surface area (Å²) in [6.45, 7) is 1.70. The highest BCUT2D eigenvalue weighted by atomic mass is 15.3.